The van der Waals surface area contributed by atoms with Crippen LogP contribution in [0.3, 0.4) is 0 Å². The molecule has 0 aromatic rings. The summed E-state index contributed by atoms with van der Waals surface area (Å²) >= 11 is 0. The molecule has 0 aromatic heterocycles. The molecule has 0 aromatic carbocycles. The van der Waals surface area contributed by atoms with Gasteiger partial charge in [-0.25, -0.2) is 0 Å². The third-order valence-corrected chi connectivity index (χ3v) is 2.23. The Hall–Kier alpha value is -1.71. The van der Waals surface area contributed by atoms with Gasteiger partial charge in [0.1, 0.15) is 5.54 Å². The van der Waals surface area contributed by atoms with Gasteiger partial charge in [-0.15, -0.1) is 0 Å². The van der Waals surface area contributed by atoms with Gasteiger partial charge >= 0.3 is 5.92 Å². The standard InChI is InChI=1S/C9H10F2N3O2/c10-9(11,7(13)16)2-1-6(15)14-8(5-12)3-4-8/h1H,2-4H2,(H2,13,16)(H,14,15). The molecule has 7 heteroatoms. The van der Waals surface area contributed by atoms with Crippen LogP contribution in [0.2, 0.25) is 0 Å². The van der Waals surface area contributed by atoms with Gasteiger partial charge in [-0.3, -0.25) is 9.59 Å². The van der Waals surface area contributed by atoms with Crippen LogP contribution in [-0.4, -0.2) is 23.3 Å². The third kappa shape index (κ3) is 2.89. The highest BCUT2D eigenvalue weighted by molar-refractivity contribution is 5.88. The lowest BCUT2D eigenvalue weighted by Crippen LogP contribution is -2.39. The van der Waals surface area contributed by atoms with Crippen molar-refractivity contribution in [2.75, 3.05) is 0 Å². The highest BCUT2D eigenvalue weighted by Gasteiger charge is 2.45. The highest BCUT2D eigenvalue weighted by Crippen LogP contribution is 2.34. The van der Waals surface area contributed by atoms with E-state index in [1.165, 1.54) is 0 Å². The van der Waals surface area contributed by atoms with E-state index < -0.39 is 29.7 Å². The lowest BCUT2D eigenvalue weighted by atomic mass is 10.1. The molecule has 1 saturated carbocycles. The molecule has 1 rings (SSSR count). The quantitative estimate of drug-likeness (QED) is 0.688. The summed E-state index contributed by atoms with van der Waals surface area (Å²) in [4.78, 5) is 21.4. The van der Waals surface area contributed by atoms with Crippen LogP contribution < -0.4 is 11.1 Å². The molecular formula is C9H10F2N3O2. The second kappa shape index (κ2) is 4.04. The molecule has 0 bridgehead atoms. The molecule has 1 fully saturated rings. The molecule has 0 heterocycles. The normalized spacial score (nSPS) is 17.3. The van der Waals surface area contributed by atoms with Crippen molar-refractivity contribution in [3.05, 3.63) is 6.42 Å². The van der Waals surface area contributed by atoms with Crippen molar-refractivity contribution in [3.63, 3.8) is 0 Å². The summed E-state index contributed by atoms with van der Waals surface area (Å²) in [5.41, 5.74) is 3.52. The van der Waals surface area contributed by atoms with Crippen LogP contribution in [-0.2, 0) is 9.59 Å². The zero-order chi connectivity index (χ0) is 12.4. The number of carbonyl (C=O) groups excluding carboxylic acids is 2. The van der Waals surface area contributed by atoms with Crippen LogP contribution in [0, 0.1) is 17.8 Å². The largest absolute Gasteiger partial charge is 0.364 e. The van der Waals surface area contributed by atoms with E-state index >= 15 is 0 Å². The van der Waals surface area contributed by atoms with Crippen LogP contribution in [0.4, 0.5) is 8.78 Å². The van der Waals surface area contributed by atoms with Gasteiger partial charge in [0.15, 0.2) is 0 Å². The maximum absolute atomic E-state index is 12.7. The minimum atomic E-state index is -3.74. The number of halogens is 2. The van der Waals surface area contributed by atoms with Crippen molar-refractivity contribution in [3.8, 4) is 6.07 Å². The number of carbonyl (C=O) groups is 2. The molecule has 16 heavy (non-hydrogen) atoms. The maximum Gasteiger partial charge on any atom is 0.325 e. The summed E-state index contributed by atoms with van der Waals surface area (Å²) in [6, 6.07) is 1.87. The second-order valence-electron chi connectivity index (χ2n) is 3.66. The SMILES string of the molecule is N#CC1(NC(=O)[CH]CC(F)(F)C(N)=O)CC1. The number of hydrogen-bond donors (Lipinski definition) is 2. The average Bonchev–Trinajstić information content (AvgIpc) is 2.95. The fraction of sp³-hybridized carbons (Fsp3) is 0.556. The summed E-state index contributed by atoms with van der Waals surface area (Å²) in [6.45, 7) is 0. The topological polar surface area (TPSA) is 96.0 Å². The first-order valence-electron chi connectivity index (χ1n) is 4.56. The number of nitrogens with zero attached hydrogens (tertiary/aromatic N) is 1. The maximum atomic E-state index is 12.7. The van der Waals surface area contributed by atoms with Crippen LogP contribution in [0.1, 0.15) is 19.3 Å². The lowest BCUT2D eigenvalue weighted by molar-refractivity contribution is -0.142. The van der Waals surface area contributed by atoms with E-state index in [4.69, 9.17) is 5.26 Å². The predicted molar refractivity (Wildman–Crippen MR) is 48.8 cm³/mol. The molecule has 0 spiro atoms. The lowest BCUT2D eigenvalue weighted by Gasteiger charge is -2.12. The Morgan fingerprint density at radius 2 is 2.12 bits per heavy atom. The van der Waals surface area contributed by atoms with Crippen LogP contribution in [0.5, 0.6) is 0 Å². The molecule has 3 N–H and O–H groups in total. The summed E-state index contributed by atoms with van der Waals surface area (Å²) in [5, 5.41) is 10.9. The number of amides is 2. The predicted octanol–water partition coefficient (Wildman–Crippen LogP) is -0.126. The fourth-order valence-corrected chi connectivity index (χ4v) is 0.998. The van der Waals surface area contributed by atoms with Crippen molar-refractivity contribution >= 4 is 11.8 Å². The van der Waals surface area contributed by atoms with Gasteiger partial charge in [0.25, 0.3) is 5.91 Å². The van der Waals surface area contributed by atoms with Crippen molar-refractivity contribution in [2.45, 2.75) is 30.7 Å². The second-order valence-corrected chi connectivity index (χ2v) is 3.66. The summed E-state index contributed by atoms with van der Waals surface area (Å²) < 4.78 is 25.4. The third-order valence-electron chi connectivity index (χ3n) is 2.23. The van der Waals surface area contributed by atoms with Gasteiger partial charge in [0.05, 0.1) is 12.5 Å². The van der Waals surface area contributed by atoms with Gasteiger partial charge in [0.2, 0.25) is 5.91 Å². The highest BCUT2D eigenvalue weighted by atomic mass is 19.3. The number of rotatable bonds is 5. The van der Waals surface area contributed by atoms with E-state index in [1.807, 2.05) is 6.07 Å². The van der Waals surface area contributed by atoms with Crippen LogP contribution in [0.15, 0.2) is 0 Å². The van der Waals surface area contributed by atoms with E-state index in [9.17, 15) is 18.4 Å². The Labute approximate surface area is 90.6 Å². The molecule has 2 amide bonds. The first-order valence-corrected chi connectivity index (χ1v) is 4.56. The van der Waals surface area contributed by atoms with Crippen molar-refractivity contribution in [2.24, 2.45) is 5.73 Å². The van der Waals surface area contributed by atoms with Crippen LogP contribution in [0.25, 0.3) is 0 Å². The Morgan fingerprint density at radius 1 is 1.56 bits per heavy atom. The number of nitrogens with one attached hydrogen (secondary N) is 1. The average molecular weight is 230 g/mol. The number of nitrogens with two attached hydrogens (primary N) is 1. The van der Waals surface area contributed by atoms with Crippen molar-refractivity contribution < 1.29 is 18.4 Å². The molecule has 5 nitrogen and oxygen atoms in total. The van der Waals surface area contributed by atoms with Crippen molar-refractivity contribution in [1.29, 1.82) is 5.26 Å². The Kier molecular flexibility index (Phi) is 3.12. The molecular weight excluding hydrogens is 220 g/mol. The number of hydrogen-bond acceptors (Lipinski definition) is 3. The van der Waals surface area contributed by atoms with Gasteiger partial charge in [-0.05, 0) is 12.8 Å². The smallest absolute Gasteiger partial charge is 0.325 e. The minimum absolute atomic E-state index is 0.509. The number of alkyl halides is 2. The summed E-state index contributed by atoms with van der Waals surface area (Å²) in [5.74, 6) is -6.31. The van der Waals surface area contributed by atoms with E-state index in [0.717, 1.165) is 0 Å². The minimum Gasteiger partial charge on any atom is -0.364 e. The monoisotopic (exact) mass is 230 g/mol. The van der Waals surface area contributed by atoms with Gasteiger partial charge in [-0.2, -0.15) is 14.0 Å². The molecule has 1 radical (unpaired) electrons. The molecule has 0 aliphatic heterocycles. The summed E-state index contributed by atoms with van der Waals surface area (Å²) in [7, 11) is 0. The van der Waals surface area contributed by atoms with Crippen LogP contribution >= 0.6 is 0 Å². The molecule has 0 atom stereocenters. The zero-order valence-corrected chi connectivity index (χ0v) is 8.30. The number of primary amides is 1. The Morgan fingerprint density at radius 3 is 2.50 bits per heavy atom. The van der Waals surface area contributed by atoms with E-state index in [-0.39, 0.29) is 0 Å². The first kappa shape index (κ1) is 12.4. The van der Waals surface area contributed by atoms with Gasteiger partial charge in [-0.1, -0.05) is 0 Å². The fourth-order valence-electron chi connectivity index (χ4n) is 0.998. The first-order chi connectivity index (χ1) is 7.31. The van der Waals surface area contributed by atoms with E-state index in [1.54, 1.807) is 0 Å². The van der Waals surface area contributed by atoms with E-state index in [0.29, 0.717) is 19.3 Å². The van der Waals surface area contributed by atoms with Crippen molar-refractivity contribution in [1.82, 2.24) is 5.32 Å². The number of nitriles is 1. The van der Waals surface area contributed by atoms with Gasteiger partial charge in [0, 0.05) is 6.42 Å². The molecule has 1 aliphatic rings. The van der Waals surface area contributed by atoms with E-state index in [2.05, 4.69) is 11.1 Å². The Bertz CT molecular complexity index is 358. The molecule has 0 unspecified atom stereocenters. The molecule has 87 valence electrons. The molecule has 1 aliphatic carbocycles. The molecule has 0 saturated heterocycles. The Balaban J connectivity index is 2.37. The zero-order valence-electron chi connectivity index (χ0n) is 8.30. The van der Waals surface area contributed by atoms with Gasteiger partial charge < -0.3 is 11.1 Å². The summed E-state index contributed by atoms with van der Waals surface area (Å²) in [6.07, 6.45) is 0.586.